The quantitative estimate of drug-likeness (QED) is 0.803. The Kier molecular flexibility index (Phi) is 3.37. The number of fused-ring (bicyclic) bond motifs is 1. The average molecular weight is 245 g/mol. The van der Waals surface area contributed by atoms with Gasteiger partial charge in [-0.2, -0.15) is 0 Å². The molecule has 2 aliphatic rings. The molecule has 0 aliphatic carbocycles. The molecule has 0 aromatic heterocycles. The first-order valence-electron chi connectivity index (χ1n) is 6.95. The van der Waals surface area contributed by atoms with Gasteiger partial charge < -0.3 is 5.32 Å². The molecule has 3 rings (SSSR count). The minimum atomic E-state index is 0.555. The summed E-state index contributed by atoms with van der Waals surface area (Å²) in [5.41, 5.74) is 2.83. The van der Waals surface area contributed by atoms with Gasteiger partial charge in [-0.3, -0.25) is 9.80 Å². The Balaban J connectivity index is 1.80. The average Bonchev–Trinajstić information content (AvgIpc) is 2.38. The van der Waals surface area contributed by atoms with Gasteiger partial charge in [0.2, 0.25) is 0 Å². The van der Waals surface area contributed by atoms with Crippen molar-refractivity contribution in [3.63, 3.8) is 0 Å². The molecule has 2 fully saturated rings. The van der Waals surface area contributed by atoms with Gasteiger partial charge in [0.05, 0.1) is 0 Å². The summed E-state index contributed by atoms with van der Waals surface area (Å²) in [6.07, 6.45) is 0. The number of aryl methyl sites for hydroxylation is 1. The van der Waals surface area contributed by atoms with Crippen LogP contribution in [0.2, 0.25) is 0 Å². The molecule has 0 amide bonds. The van der Waals surface area contributed by atoms with E-state index < -0.39 is 0 Å². The fraction of sp³-hybridized carbons (Fsp3) is 0.600. The van der Waals surface area contributed by atoms with Gasteiger partial charge in [-0.05, 0) is 19.5 Å². The third-order valence-electron chi connectivity index (χ3n) is 4.34. The van der Waals surface area contributed by atoms with Crippen LogP contribution in [-0.2, 0) is 0 Å². The van der Waals surface area contributed by atoms with Crippen molar-refractivity contribution in [2.75, 3.05) is 39.8 Å². The Morgan fingerprint density at radius 3 is 3.00 bits per heavy atom. The van der Waals surface area contributed by atoms with Crippen molar-refractivity contribution in [3.8, 4) is 0 Å². The lowest BCUT2D eigenvalue weighted by Gasteiger charge is -2.47. The highest BCUT2D eigenvalue weighted by molar-refractivity contribution is 5.26. The zero-order chi connectivity index (χ0) is 12.5. The van der Waals surface area contributed by atoms with Crippen molar-refractivity contribution in [2.45, 2.75) is 19.0 Å². The number of hydrogen-bond acceptors (Lipinski definition) is 3. The van der Waals surface area contributed by atoms with E-state index in [0.29, 0.717) is 12.1 Å². The van der Waals surface area contributed by atoms with Gasteiger partial charge in [0.25, 0.3) is 0 Å². The number of likely N-dealkylation sites (N-methyl/N-ethyl adjacent to an activating group) is 1. The van der Waals surface area contributed by atoms with Crippen LogP contribution < -0.4 is 5.32 Å². The van der Waals surface area contributed by atoms with Crippen LogP contribution in [0.1, 0.15) is 17.2 Å². The summed E-state index contributed by atoms with van der Waals surface area (Å²) in [5.74, 6) is 0. The highest BCUT2D eigenvalue weighted by atomic mass is 15.3. The molecule has 1 aromatic carbocycles. The third-order valence-corrected chi connectivity index (χ3v) is 4.34. The van der Waals surface area contributed by atoms with Crippen LogP contribution in [0.25, 0.3) is 0 Å². The Bertz CT molecular complexity index is 418. The second kappa shape index (κ2) is 5.00. The lowest BCUT2D eigenvalue weighted by atomic mass is 9.97. The van der Waals surface area contributed by atoms with E-state index in [1.807, 2.05) is 0 Å². The van der Waals surface area contributed by atoms with E-state index >= 15 is 0 Å². The minimum absolute atomic E-state index is 0.555. The summed E-state index contributed by atoms with van der Waals surface area (Å²) in [6.45, 7) is 8.00. The van der Waals surface area contributed by atoms with Crippen molar-refractivity contribution in [3.05, 3.63) is 35.4 Å². The highest BCUT2D eigenvalue weighted by Gasteiger charge is 2.33. The van der Waals surface area contributed by atoms with Gasteiger partial charge in [0.15, 0.2) is 0 Å². The zero-order valence-corrected chi connectivity index (χ0v) is 11.4. The SMILES string of the molecule is Cc1cccc(C2CN3CCNCC3CN2C)c1. The van der Waals surface area contributed by atoms with Crippen molar-refractivity contribution in [1.82, 2.24) is 15.1 Å². The van der Waals surface area contributed by atoms with Crippen LogP contribution in [0.4, 0.5) is 0 Å². The smallest absolute Gasteiger partial charge is 0.0473 e. The Morgan fingerprint density at radius 2 is 2.17 bits per heavy atom. The van der Waals surface area contributed by atoms with Gasteiger partial charge in [-0.25, -0.2) is 0 Å². The zero-order valence-electron chi connectivity index (χ0n) is 11.4. The molecule has 1 aromatic rings. The molecule has 2 saturated heterocycles. The molecular formula is C15H23N3. The summed E-state index contributed by atoms with van der Waals surface area (Å²) < 4.78 is 0. The third kappa shape index (κ3) is 2.30. The summed E-state index contributed by atoms with van der Waals surface area (Å²) in [6, 6.07) is 10.2. The molecule has 0 radical (unpaired) electrons. The van der Waals surface area contributed by atoms with Gasteiger partial charge in [0.1, 0.15) is 0 Å². The maximum atomic E-state index is 3.50. The van der Waals surface area contributed by atoms with E-state index in [2.05, 4.69) is 53.4 Å². The molecule has 0 bridgehead atoms. The normalized spacial score (nSPS) is 30.1. The monoisotopic (exact) mass is 245 g/mol. The molecule has 1 N–H and O–H groups in total. The summed E-state index contributed by atoms with van der Waals surface area (Å²) in [5, 5.41) is 3.50. The standard InChI is InChI=1S/C15H23N3/c1-12-4-3-5-13(8-12)15-11-18-7-6-16-9-14(18)10-17(15)2/h3-5,8,14-16H,6-7,9-11H2,1-2H3. The van der Waals surface area contributed by atoms with Gasteiger partial charge >= 0.3 is 0 Å². The fourth-order valence-electron chi connectivity index (χ4n) is 3.28. The summed E-state index contributed by atoms with van der Waals surface area (Å²) in [7, 11) is 2.26. The van der Waals surface area contributed by atoms with Crippen molar-refractivity contribution >= 4 is 0 Å². The van der Waals surface area contributed by atoms with Crippen molar-refractivity contribution in [1.29, 1.82) is 0 Å². The number of nitrogens with zero attached hydrogens (tertiary/aromatic N) is 2. The van der Waals surface area contributed by atoms with Crippen LogP contribution in [0.15, 0.2) is 24.3 Å². The second-order valence-electron chi connectivity index (χ2n) is 5.72. The van der Waals surface area contributed by atoms with Crippen LogP contribution in [0.3, 0.4) is 0 Å². The molecule has 2 aliphatic heterocycles. The first-order valence-corrected chi connectivity index (χ1v) is 6.95. The number of hydrogen-bond donors (Lipinski definition) is 1. The molecule has 98 valence electrons. The van der Waals surface area contributed by atoms with E-state index in [4.69, 9.17) is 0 Å². The minimum Gasteiger partial charge on any atom is -0.314 e. The van der Waals surface area contributed by atoms with E-state index in [-0.39, 0.29) is 0 Å². The number of nitrogens with one attached hydrogen (secondary N) is 1. The largest absolute Gasteiger partial charge is 0.314 e. The summed E-state index contributed by atoms with van der Waals surface area (Å²) >= 11 is 0. The lowest BCUT2D eigenvalue weighted by Crippen LogP contribution is -2.61. The highest BCUT2D eigenvalue weighted by Crippen LogP contribution is 2.27. The van der Waals surface area contributed by atoms with E-state index in [9.17, 15) is 0 Å². The predicted octanol–water partition coefficient (Wildman–Crippen LogP) is 1.26. The second-order valence-corrected chi connectivity index (χ2v) is 5.72. The molecule has 18 heavy (non-hydrogen) atoms. The first-order chi connectivity index (χ1) is 8.74. The van der Waals surface area contributed by atoms with Crippen molar-refractivity contribution in [2.24, 2.45) is 0 Å². The number of rotatable bonds is 1. The lowest BCUT2D eigenvalue weighted by molar-refractivity contribution is 0.0300. The Hall–Kier alpha value is -0.900. The van der Waals surface area contributed by atoms with E-state index in [0.717, 1.165) is 13.1 Å². The van der Waals surface area contributed by atoms with Gasteiger partial charge in [-0.1, -0.05) is 29.8 Å². The number of piperazine rings is 2. The predicted molar refractivity (Wildman–Crippen MR) is 74.8 cm³/mol. The van der Waals surface area contributed by atoms with Gasteiger partial charge in [-0.15, -0.1) is 0 Å². The van der Waals surface area contributed by atoms with Crippen LogP contribution >= 0.6 is 0 Å². The fourth-order valence-corrected chi connectivity index (χ4v) is 3.28. The molecule has 0 spiro atoms. The van der Waals surface area contributed by atoms with E-state index in [1.165, 1.54) is 30.8 Å². The Morgan fingerprint density at radius 1 is 1.28 bits per heavy atom. The molecular weight excluding hydrogens is 222 g/mol. The molecule has 0 saturated carbocycles. The van der Waals surface area contributed by atoms with Crippen LogP contribution in [0.5, 0.6) is 0 Å². The Labute approximate surface area is 110 Å². The number of benzene rings is 1. The first kappa shape index (κ1) is 12.2. The molecule has 2 atom stereocenters. The topological polar surface area (TPSA) is 18.5 Å². The van der Waals surface area contributed by atoms with Crippen molar-refractivity contribution < 1.29 is 0 Å². The maximum Gasteiger partial charge on any atom is 0.0473 e. The van der Waals surface area contributed by atoms with E-state index in [1.54, 1.807) is 0 Å². The van der Waals surface area contributed by atoms with Crippen LogP contribution in [0, 0.1) is 6.92 Å². The van der Waals surface area contributed by atoms with Gasteiger partial charge in [0, 0.05) is 44.8 Å². The molecule has 2 unspecified atom stereocenters. The molecule has 3 heteroatoms. The molecule has 3 nitrogen and oxygen atoms in total. The summed E-state index contributed by atoms with van der Waals surface area (Å²) in [4.78, 5) is 5.17. The molecule has 2 heterocycles. The van der Waals surface area contributed by atoms with Crippen LogP contribution in [-0.4, -0.2) is 55.6 Å². The maximum absolute atomic E-state index is 3.50.